The molecular formula is C25H24Cl2N2O3S. The van der Waals surface area contributed by atoms with Crippen LogP contribution in [-0.4, -0.2) is 14.3 Å². The number of nitrogens with one attached hydrogen (secondary N) is 2. The van der Waals surface area contributed by atoms with Crippen molar-refractivity contribution < 1.29 is 13.2 Å². The molecule has 8 heteroatoms. The summed E-state index contributed by atoms with van der Waals surface area (Å²) in [4.78, 5) is 13.6. The molecule has 0 aliphatic heterocycles. The second-order valence-electron chi connectivity index (χ2n) is 8.34. The van der Waals surface area contributed by atoms with E-state index in [4.69, 9.17) is 23.2 Å². The number of rotatable bonds is 6. The molecule has 1 aliphatic carbocycles. The zero-order chi connectivity index (χ0) is 23.6. The fourth-order valence-corrected chi connectivity index (χ4v) is 5.70. The van der Waals surface area contributed by atoms with Gasteiger partial charge in [-0.1, -0.05) is 60.3 Å². The predicted molar refractivity (Wildman–Crippen MR) is 134 cm³/mol. The summed E-state index contributed by atoms with van der Waals surface area (Å²) < 4.78 is 28.4. The Morgan fingerprint density at radius 1 is 0.909 bits per heavy atom. The largest absolute Gasteiger partial charge is 0.325 e. The summed E-state index contributed by atoms with van der Waals surface area (Å²) in [5.74, 6) is -0.136. The first-order valence-electron chi connectivity index (χ1n) is 10.7. The van der Waals surface area contributed by atoms with E-state index in [2.05, 4.69) is 10.0 Å². The van der Waals surface area contributed by atoms with E-state index < -0.39 is 15.4 Å². The molecule has 3 aromatic rings. The normalized spacial score (nSPS) is 15.2. The molecule has 0 unspecified atom stereocenters. The number of hydrogen-bond donors (Lipinski definition) is 2. The van der Waals surface area contributed by atoms with Crippen LogP contribution in [0.25, 0.3) is 0 Å². The highest BCUT2D eigenvalue weighted by Gasteiger charge is 2.42. The Kier molecular flexibility index (Phi) is 6.71. The van der Waals surface area contributed by atoms with Crippen molar-refractivity contribution in [1.82, 2.24) is 0 Å². The third-order valence-corrected chi connectivity index (χ3v) is 8.00. The van der Waals surface area contributed by atoms with Gasteiger partial charge in [-0.2, -0.15) is 0 Å². The van der Waals surface area contributed by atoms with Crippen molar-refractivity contribution in [3.05, 3.63) is 87.9 Å². The summed E-state index contributed by atoms with van der Waals surface area (Å²) in [6, 6.07) is 18.6. The Morgan fingerprint density at radius 3 is 2.27 bits per heavy atom. The molecule has 0 aromatic heterocycles. The van der Waals surface area contributed by atoms with Crippen LogP contribution < -0.4 is 10.0 Å². The topological polar surface area (TPSA) is 75.3 Å². The smallest absolute Gasteiger partial charge is 0.261 e. The molecule has 2 N–H and O–H groups in total. The average Bonchev–Trinajstić information content (AvgIpc) is 3.26. The van der Waals surface area contributed by atoms with Crippen LogP contribution in [0.3, 0.4) is 0 Å². The van der Waals surface area contributed by atoms with Gasteiger partial charge in [0.2, 0.25) is 5.91 Å². The van der Waals surface area contributed by atoms with Gasteiger partial charge in [-0.05, 0) is 73.4 Å². The first kappa shape index (κ1) is 23.6. The minimum atomic E-state index is -3.87. The van der Waals surface area contributed by atoms with Crippen LogP contribution >= 0.6 is 23.2 Å². The first-order valence-corrected chi connectivity index (χ1v) is 12.9. The van der Waals surface area contributed by atoms with Crippen molar-refractivity contribution in [3.63, 3.8) is 0 Å². The second-order valence-corrected chi connectivity index (χ2v) is 10.9. The number of halogens is 2. The van der Waals surface area contributed by atoms with Gasteiger partial charge in [-0.15, -0.1) is 0 Å². The molecule has 4 rings (SSSR count). The average molecular weight is 503 g/mol. The Balaban J connectivity index is 1.62. The van der Waals surface area contributed by atoms with Gasteiger partial charge >= 0.3 is 0 Å². The summed E-state index contributed by atoms with van der Waals surface area (Å²) in [5, 5.41) is 4.05. The van der Waals surface area contributed by atoms with Crippen molar-refractivity contribution in [2.75, 3.05) is 10.0 Å². The molecule has 0 atom stereocenters. The molecule has 0 heterocycles. The van der Waals surface area contributed by atoms with Gasteiger partial charge in [0.1, 0.15) is 0 Å². The molecule has 33 heavy (non-hydrogen) atoms. The van der Waals surface area contributed by atoms with Crippen LogP contribution in [-0.2, 0) is 20.2 Å². The molecule has 0 saturated heterocycles. The highest BCUT2D eigenvalue weighted by atomic mass is 35.5. The summed E-state index contributed by atoms with van der Waals surface area (Å²) in [7, 11) is -3.87. The summed E-state index contributed by atoms with van der Waals surface area (Å²) in [5.41, 5.74) is 1.86. The van der Waals surface area contributed by atoms with Crippen LogP contribution in [0.1, 0.15) is 36.8 Å². The van der Waals surface area contributed by atoms with Crippen LogP contribution in [0, 0.1) is 6.92 Å². The fourth-order valence-electron chi connectivity index (χ4n) is 4.31. The highest BCUT2D eigenvalue weighted by molar-refractivity contribution is 7.92. The van der Waals surface area contributed by atoms with Crippen LogP contribution in [0.5, 0.6) is 0 Å². The SMILES string of the molecule is Cc1ccc(S(=O)(=O)Nc2cccc(Cl)c2)cc1NC(=O)C1(c2ccc(Cl)cc2)CCCC1. The lowest BCUT2D eigenvalue weighted by Crippen LogP contribution is -2.38. The van der Waals surface area contributed by atoms with Gasteiger partial charge in [0.25, 0.3) is 10.0 Å². The summed E-state index contributed by atoms with van der Waals surface area (Å²) >= 11 is 12.0. The minimum absolute atomic E-state index is 0.0512. The van der Waals surface area contributed by atoms with Gasteiger partial charge < -0.3 is 5.32 Å². The van der Waals surface area contributed by atoms with Crippen LogP contribution in [0.2, 0.25) is 10.0 Å². The Bertz CT molecular complexity index is 1290. The van der Waals surface area contributed by atoms with Crippen molar-refractivity contribution >= 4 is 50.5 Å². The van der Waals surface area contributed by atoms with Crippen LogP contribution in [0.15, 0.2) is 71.6 Å². The van der Waals surface area contributed by atoms with Gasteiger partial charge in [0.15, 0.2) is 0 Å². The summed E-state index contributed by atoms with van der Waals surface area (Å²) in [6.07, 6.45) is 3.36. The van der Waals surface area contributed by atoms with Crippen molar-refractivity contribution in [2.45, 2.75) is 42.9 Å². The van der Waals surface area contributed by atoms with E-state index in [9.17, 15) is 13.2 Å². The lowest BCUT2D eigenvalue weighted by atomic mass is 9.78. The second kappa shape index (κ2) is 9.37. The number of hydrogen-bond acceptors (Lipinski definition) is 3. The molecule has 1 aliphatic rings. The van der Waals surface area contributed by atoms with Crippen molar-refractivity contribution in [3.8, 4) is 0 Å². The molecular weight excluding hydrogens is 479 g/mol. The van der Waals surface area contributed by atoms with E-state index in [1.54, 1.807) is 36.4 Å². The molecule has 172 valence electrons. The molecule has 1 saturated carbocycles. The quantitative estimate of drug-likeness (QED) is 0.401. The van der Waals surface area contributed by atoms with Crippen molar-refractivity contribution in [1.29, 1.82) is 0 Å². The Hall–Kier alpha value is -2.54. The molecule has 1 amide bonds. The van der Waals surface area contributed by atoms with E-state index in [0.717, 1.165) is 36.8 Å². The first-order chi connectivity index (χ1) is 15.7. The number of benzene rings is 3. The maximum absolute atomic E-state index is 13.5. The van der Waals surface area contributed by atoms with Crippen LogP contribution in [0.4, 0.5) is 11.4 Å². The number of amides is 1. The standard InChI is InChI=1S/C25H24Cl2N2O3S/c1-17-7-12-22(33(31,32)29-21-6-4-5-20(27)15-21)16-23(17)28-24(30)25(13-2-3-14-25)18-8-10-19(26)11-9-18/h4-12,15-16,29H,2-3,13-14H2,1H3,(H,28,30). The summed E-state index contributed by atoms with van der Waals surface area (Å²) in [6.45, 7) is 1.83. The lowest BCUT2D eigenvalue weighted by molar-refractivity contribution is -0.121. The number of carbonyl (C=O) groups excluding carboxylic acids is 1. The third kappa shape index (κ3) is 5.03. The van der Waals surface area contributed by atoms with Gasteiger partial charge in [-0.25, -0.2) is 8.42 Å². The van der Waals surface area contributed by atoms with E-state index in [-0.39, 0.29) is 10.8 Å². The van der Waals surface area contributed by atoms with Gasteiger partial charge in [0.05, 0.1) is 16.0 Å². The highest BCUT2D eigenvalue weighted by Crippen LogP contribution is 2.42. The molecule has 3 aromatic carbocycles. The molecule has 0 radical (unpaired) electrons. The van der Waals surface area contributed by atoms with E-state index in [1.165, 1.54) is 18.2 Å². The zero-order valence-corrected chi connectivity index (χ0v) is 20.4. The van der Waals surface area contributed by atoms with E-state index in [0.29, 0.717) is 21.4 Å². The fraction of sp³-hybridized carbons (Fsp3) is 0.240. The number of carbonyl (C=O) groups is 1. The number of aryl methyl sites for hydroxylation is 1. The molecule has 0 spiro atoms. The maximum Gasteiger partial charge on any atom is 0.261 e. The Morgan fingerprint density at radius 2 is 1.61 bits per heavy atom. The molecule has 5 nitrogen and oxygen atoms in total. The van der Waals surface area contributed by atoms with Gasteiger partial charge in [0, 0.05) is 15.7 Å². The molecule has 1 fully saturated rings. The Labute approximate surface area is 204 Å². The minimum Gasteiger partial charge on any atom is -0.325 e. The maximum atomic E-state index is 13.5. The van der Waals surface area contributed by atoms with E-state index in [1.807, 2.05) is 19.1 Å². The monoisotopic (exact) mass is 502 g/mol. The van der Waals surface area contributed by atoms with Gasteiger partial charge in [-0.3, -0.25) is 9.52 Å². The zero-order valence-electron chi connectivity index (χ0n) is 18.1. The third-order valence-electron chi connectivity index (χ3n) is 6.13. The number of sulfonamides is 1. The van der Waals surface area contributed by atoms with E-state index >= 15 is 0 Å². The van der Waals surface area contributed by atoms with Crippen molar-refractivity contribution in [2.24, 2.45) is 0 Å². The lowest BCUT2D eigenvalue weighted by Gasteiger charge is -2.29. The predicted octanol–water partition coefficient (Wildman–Crippen LogP) is 6.55. The number of anilines is 2. The molecule has 0 bridgehead atoms.